The molecule has 0 radical (unpaired) electrons. The molecule has 0 atom stereocenters. The van der Waals surface area contributed by atoms with Crippen molar-refractivity contribution in [3.63, 3.8) is 0 Å². The largest absolute Gasteiger partial charge is 0.484 e. The molecular formula is C19H19N3O3. The zero-order valence-corrected chi connectivity index (χ0v) is 14.1. The zero-order chi connectivity index (χ0) is 17.8. The molecule has 0 unspecified atom stereocenters. The molecule has 0 spiro atoms. The molecule has 0 saturated heterocycles. The Balaban J connectivity index is 1.64. The van der Waals surface area contributed by atoms with Gasteiger partial charge in [0.2, 0.25) is 11.7 Å². The van der Waals surface area contributed by atoms with E-state index in [1.807, 2.05) is 12.1 Å². The molecule has 0 aliphatic carbocycles. The molecule has 1 amide bonds. The number of primary amides is 1. The minimum Gasteiger partial charge on any atom is -0.484 e. The van der Waals surface area contributed by atoms with Crippen LogP contribution in [0.4, 0.5) is 0 Å². The maximum Gasteiger partial charge on any atom is 0.264 e. The summed E-state index contributed by atoms with van der Waals surface area (Å²) >= 11 is 0. The van der Waals surface area contributed by atoms with Crippen LogP contribution in [-0.2, 0) is 6.61 Å². The third-order valence-corrected chi connectivity index (χ3v) is 3.80. The van der Waals surface area contributed by atoms with Crippen LogP contribution in [0.2, 0.25) is 0 Å². The van der Waals surface area contributed by atoms with Crippen LogP contribution >= 0.6 is 0 Å². The first kappa shape index (κ1) is 16.7. The molecule has 3 rings (SSSR count). The Morgan fingerprint density at radius 2 is 1.80 bits per heavy atom. The van der Waals surface area contributed by atoms with Crippen LogP contribution in [0.1, 0.15) is 41.6 Å². The van der Waals surface area contributed by atoms with E-state index >= 15 is 0 Å². The van der Waals surface area contributed by atoms with Crippen molar-refractivity contribution in [1.29, 1.82) is 0 Å². The molecule has 2 aromatic carbocycles. The van der Waals surface area contributed by atoms with Crippen LogP contribution in [0.5, 0.6) is 5.75 Å². The number of nitrogens with two attached hydrogens (primary N) is 1. The Morgan fingerprint density at radius 3 is 2.40 bits per heavy atom. The fraction of sp³-hybridized carbons (Fsp3) is 0.211. The van der Waals surface area contributed by atoms with E-state index in [1.54, 1.807) is 24.3 Å². The van der Waals surface area contributed by atoms with Crippen molar-refractivity contribution in [1.82, 2.24) is 10.1 Å². The van der Waals surface area contributed by atoms with Gasteiger partial charge in [-0.1, -0.05) is 43.3 Å². The molecule has 0 bridgehead atoms. The van der Waals surface area contributed by atoms with Gasteiger partial charge in [0, 0.05) is 11.1 Å². The van der Waals surface area contributed by atoms with Gasteiger partial charge >= 0.3 is 0 Å². The number of ether oxygens (including phenoxy) is 1. The molecule has 1 aromatic heterocycles. The number of rotatable bonds is 6. The van der Waals surface area contributed by atoms with Gasteiger partial charge in [-0.25, -0.2) is 0 Å². The van der Waals surface area contributed by atoms with Crippen LogP contribution in [0.25, 0.3) is 11.4 Å². The Kier molecular flexibility index (Phi) is 4.79. The Bertz CT molecular complexity index is 852. The van der Waals surface area contributed by atoms with E-state index in [2.05, 4.69) is 36.1 Å². The normalized spacial score (nSPS) is 10.8. The smallest absolute Gasteiger partial charge is 0.264 e. The summed E-state index contributed by atoms with van der Waals surface area (Å²) in [6, 6.07) is 14.6. The van der Waals surface area contributed by atoms with Crippen molar-refractivity contribution < 1.29 is 14.1 Å². The lowest BCUT2D eigenvalue weighted by Crippen LogP contribution is -2.10. The van der Waals surface area contributed by atoms with Crippen molar-refractivity contribution >= 4 is 5.91 Å². The van der Waals surface area contributed by atoms with Crippen molar-refractivity contribution in [3.05, 3.63) is 65.5 Å². The highest BCUT2D eigenvalue weighted by molar-refractivity contribution is 5.92. The first-order chi connectivity index (χ1) is 12.0. The Hall–Kier alpha value is -3.15. The topological polar surface area (TPSA) is 91.2 Å². The van der Waals surface area contributed by atoms with Crippen molar-refractivity contribution in [2.75, 3.05) is 0 Å². The number of aromatic nitrogens is 2. The maximum atomic E-state index is 11.0. The van der Waals surface area contributed by atoms with Crippen LogP contribution < -0.4 is 10.5 Å². The maximum absolute atomic E-state index is 11.0. The van der Waals surface area contributed by atoms with Crippen LogP contribution in [0.3, 0.4) is 0 Å². The lowest BCUT2D eigenvalue weighted by atomic mass is 10.0. The summed E-state index contributed by atoms with van der Waals surface area (Å²) < 4.78 is 10.8. The number of hydrogen-bond acceptors (Lipinski definition) is 5. The molecule has 3 aromatic rings. The van der Waals surface area contributed by atoms with Crippen LogP contribution in [0, 0.1) is 0 Å². The SMILES string of the molecule is CC(C)c1ccc(-c2noc(COc3ccc(C(N)=O)cc3)n2)cc1. The molecule has 25 heavy (non-hydrogen) atoms. The lowest BCUT2D eigenvalue weighted by molar-refractivity contribution is 0.1000. The van der Waals surface area contributed by atoms with E-state index in [4.69, 9.17) is 15.0 Å². The van der Waals surface area contributed by atoms with Gasteiger partial charge in [0.25, 0.3) is 5.89 Å². The summed E-state index contributed by atoms with van der Waals surface area (Å²) in [7, 11) is 0. The number of benzene rings is 2. The fourth-order valence-corrected chi connectivity index (χ4v) is 2.31. The molecule has 6 nitrogen and oxygen atoms in total. The van der Waals surface area contributed by atoms with Gasteiger partial charge in [-0.3, -0.25) is 4.79 Å². The van der Waals surface area contributed by atoms with E-state index in [-0.39, 0.29) is 6.61 Å². The van der Waals surface area contributed by atoms with Crippen LogP contribution in [-0.4, -0.2) is 16.0 Å². The summed E-state index contributed by atoms with van der Waals surface area (Å²) in [4.78, 5) is 15.4. The predicted octanol–water partition coefficient (Wildman–Crippen LogP) is 3.54. The summed E-state index contributed by atoms with van der Waals surface area (Å²) in [5, 5.41) is 3.98. The highest BCUT2D eigenvalue weighted by Crippen LogP contribution is 2.21. The second-order valence-corrected chi connectivity index (χ2v) is 5.97. The second-order valence-electron chi connectivity index (χ2n) is 5.97. The van der Waals surface area contributed by atoms with E-state index in [9.17, 15) is 4.79 Å². The van der Waals surface area contributed by atoms with Gasteiger partial charge in [0.15, 0.2) is 6.61 Å². The summed E-state index contributed by atoms with van der Waals surface area (Å²) in [6.45, 7) is 4.44. The fourth-order valence-electron chi connectivity index (χ4n) is 2.31. The number of hydrogen-bond donors (Lipinski definition) is 1. The third-order valence-electron chi connectivity index (χ3n) is 3.80. The average Bonchev–Trinajstić information content (AvgIpc) is 3.09. The van der Waals surface area contributed by atoms with Gasteiger partial charge < -0.3 is 15.0 Å². The van der Waals surface area contributed by atoms with Crippen molar-refractivity contribution in [2.24, 2.45) is 5.73 Å². The number of carbonyl (C=O) groups excluding carboxylic acids is 1. The zero-order valence-electron chi connectivity index (χ0n) is 14.1. The monoisotopic (exact) mass is 337 g/mol. The van der Waals surface area contributed by atoms with Crippen LogP contribution in [0.15, 0.2) is 53.1 Å². The van der Waals surface area contributed by atoms with Gasteiger partial charge in [-0.15, -0.1) is 0 Å². The highest BCUT2D eigenvalue weighted by Gasteiger charge is 2.10. The van der Waals surface area contributed by atoms with Crippen molar-refractivity contribution in [3.8, 4) is 17.1 Å². The Morgan fingerprint density at radius 1 is 1.12 bits per heavy atom. The summed E-state index contributed by atoms with van der Waals surface area (Å²) in [6.07, 6.45) is 0. The van der Waals surface area contributed by atoms with E-state index in [0.717, 1.165) is 5.56 Å². The van der Waals surface area contributed by atoms with E-state index in [0.29, 0.717) is 28.9 Å². The third kappa shape index (κ3) is 4.03. The molecule has 128 valence electrons. The van der Waals surface area contributed by atoms with Gasteiger partial charge in [-0.2, -0.15) is 4.98 Å². The second kappa shape index (κ2) is 7.17. The molecule has 0 fully saturated rings. The van der Waals surface area contributed by atoms with Gasteiger partial charge in [-0.05, 0) is 35.7 Å². The number of amides is 1. The first-order valence-electron chi connectivity index (χ1n) is 7.98. The van der Waals surface area contributed by atoms with E-state index in [1.165, 1.54) is 5.56 Å². The molecule has 0 aliphatic heterocycles. The first-order valence-corrected chi connectivity index (χ1v) is 7.98. The van der Waals surface area contributed by atoms with E-state index < -0.39 is 5.91 Å². The quantitative estimate of drug-likeness (QED) is 0.743. The Labute approximate surface area is 145 Å². The minimum atomic E-state index is -0.475. The predicted molar refractivity (Wildman–Crippen MR) is 93.1 cm³/mol. The number of nitrogens with zero attached hydrogens (tertiary/aromatic N) is 2. The molecule has 0 aliphatic rings. The molecule has 2 N–H and O–H groups in total. The van der Waals surface area contributed by atoms with Gasteiger partial charge in [0.1, 0.15) is 5.75 Å². The highest BCUT2D eigenvalue weighted by atomic mass is 16.5. The van der Waals surface area contributed by atoms with Crippen molar-refractivity contribution in [2.45, 2.75) is 26.4 Å². The standard InChI is InChI=1S/C19H19N3O3/c1-12(2)13-3-5-15(6-4-13)19-21-17(25-22-19)11-24-16-9-7-14(8-10-16)18(20)23/h3-10,12H,11H2,1-2H3,(H2,20,23). The molecule has 6 heteroatoms. The van der Waals surface area contributed by atoms with Gasteiger partial charge in [0.05, 0.1) is 0 Å². The minimum absolute atomic E-state index is 0.146. The molecular weight excluding hydrogens is 318 g/mol. The number of carbonyl (C=O) groups is 1. The molecule has 1 heterocycles. The summed E-state index contributed by atoms with van der Waals surface area (Å²) in [5.74, 6) is 1.49. The lowest BCUT2D eigenvalue weighted by Gasteiger charge is -2.04. The summed E-state index contributed by atoms with van der Waals surface area (Å²) in [5.41, 5.74) is 7.78. The molecule has 0 saturated carbocycles. The average molecular weight is 337 g/mol.